The lowest BCUT2D eigenvalue weighted by Gasteiger charge is -2.04. The molecular weight excluding hydrogens is 230 g/mol. The zero-order valence-electron chi connectivity index (χ0n) is 9.31. The van der Waals surface area contributed by atoms with Crippen LogP contribution in [0.2, 0.25) is 0 Å². The highest BCUT2D eigenvalue weighted by molar-refractivity contribution is 6.06. The van der Waals surface area contributed by atoms with E-state index in [0.717, 1.165) is 10.8 Å². The molecule has 0 amide bonds. The van der Waals surface area contributed by atoms with Gasteiger partial charge in [0.25, 0.3) is 5.56 Å². The van der Waals surface area contributed by atoms with Gasteiger partial charge in [0.1, 0.15) is 5.56 Å². The molecule has 0 atom stereocenters. The van der Waals surface area contributed by atoms with Crippen LogP contribution in [0.3, 0.4) is 0 Å². The minimum Gasteiger partial charge on any atom is -0.477 e. The number of carboxylic acid groups (broad SMARTS) is 1. The van der Waals surface area contributed by atoms with Crippen LogP contribution in [-0.4, -0.2) is 16.1 Å². The topological polar surface area (TPSA) is 70.2 Å². The van der Waals surface area contributed by atoms with Crippen molar-refractivity contribution < 1.29 is 9.90 Å². The molecule has 1 heterocycles. The highest BCUT2D eigenvalue weighted by Gasteiger charge is 2.10. The lowest BCUT2D eigenvalue weighted by Crippen LogP contribution is -2.16. The first-order valence-electron chi connectivity index (χ1n) is 5.45. The predicted molar refractivity (Wildman–Crippen MR) is 69.0 cm³/mol. The van der Waals surface area contributed by atoms with Gasteiger partial charge in [0.15, 0.2) is 0 Å². The first-order chi connectivity index (χ1) is 8.66. The molecule has 18 heavy (non-hydrogen) atoms. The maximum absolute atomic E-state index is 11.7. The Morgan fingerprint density at radius 3 is 2.56 bits per heavy atom. The Bertz CT molecular complexity index is 833. The second-order valence-electron chi connectivity index (χ2n) is 4.07. The summed E-state index contributed by atoms with van der Waals surface area (Å²) in [7, 11) is 0. The Labute approximate surface area is 101 Å². The van der Waals surface area contributed by atoms with Crippen LogP contribution in [-0.2, 0) is 0 Å². The minimum absolute atomic E-state index is 0.238. The van der Waals surface area contributed by atoms with Crippen LogP contribution in [0.1, 0.15) is 10.4 Å². The molecule has 4 heteroatoms. The third-order valence-corrected chi connectivity index (χ3v) is 2.97. The van der Waals surface area contributed by atoms with Crippen LogP contribution in [0.5, 0.6) is 0 Å². The average Bonchev–Trinajstić information content (AvgIpc) is 2.37. The molecule has 2 N–H and O–H groups in total. The molecule has 0 bridgehead atoms. The van der Waals surface area contributed by atoms with Crippen LogP contribution in [0, 0.1) is 0 Å². The van der Waals surface area contributed by atoms with E-state index in [0.29, 0.717) is 10.9 Å². The second kappa shape index (κ2) is 3.70. The monoisotopic (exact) mass is 239 g/mol. The summed E-state index contributed by atoms with van der Waals surface area (Å²) < 4.78 is 0. The van der Waals surface area contributed by atoms with Gasteiger partial charge < -0.3 is 10.1 Å². The van der Waals surface area contributed by atoms with Crippen LogP contribution >= 0.6 is 0 Å². The number of hydrogen-bond donors (Lipinski definition) is 2. The van der Waals surface area contributed by atoms with Crippen LogP contribution in [0.4, 0.5) is 0 Å². The van der Waals surface area contributed by atoms with E-state index in [4.69, 9.17) is 5.11 Å². The van der Waals surface area contributed by atoms with Gasteiger partial charge in [-0.1, -0.05) is 36.4 Å². The molecule has 88 valence electrons. The van der Waals surface area contributed by atoms with E-state index in [1.807, 2.05) is 30.3 Å². The first kappa shape index (κ1) is 10.5. The number of aromatic nitrogens is 1. The summed E-state index contributed by atoms with van der Waals surface area (Å²) in [6, 6.07) is 12.7. The summed E-state index contributed by atoms with van der Waals surface area (Å²) >= 11 is 0. The minimum atomic E-state index is -1.22. The van der Waals surface area contributed by atoms with Crippen molar-refractivity contribution in [2.45, 2.75) is 0 Å². The van der Waals surface area contributed by atoms with Crippen LogP contribution in [0.25, 0.3) is 21.7 Å². The van der Waals surface area contributed by atoms with Crippen molar-refractivity contribution in [3.05, 3.63) is 58.4 Å². The van der Waals surface area contributed by atoms with E-state index in [1.165, 1.54) is 6.07 Å². The average molecular weight is 239 g/mol. The van der Waals surface area contributed by atoms with Crippen LogP contribution in [0.15, 0.2) is 47.3 Å². The summed E-state index contributed by atoms with van der Waals surface area (Å²) in [4.78, 5) is 25.2. The molecule has 0 aliphatic carbocycles. The van der Waals surface area contributed by atoms with Crippen molar-refractivity contribution in [1.29, 1.82) is 0 Å². The Hall–Kier alpha value is -2.62. The number of aromatic carboxylic acids is 1. The number of carboxylic acids is 1. The smallest absolute Gasteiger partial charge is 0.341 e. The van der Waals surface area contributed by atoms with E-state index < -0.39 is 11.5 Å². The third-order valence-electron chi connectivity index (χ3n) is 2.97. The molecule has 0 aliphatic rings. The molecule has 0 radical (unpaired) electrons. The highest BCUT2D eigenvalue weighted by atomic mass is 16.4. The first-order valence-corrected chi connectivity index (χ1v) is 5.45. The van der Waals surface area contributed by atoms with Gasteiger partial charge in [0.2, 0.25) is 0 Å². The van der Waals surface area contributed by atoms with E-state index in [9.17, 15) is 9.59 Å². The van der Waals surface area contributed by atoms with Crippen molar-refractivity contribution in [3.8, 4) is 0 Å². The van der Waals surface area contributed by atoms with Gasteiger partial charge in [-0.05, 0) is 16.8 Å². The fraction of sp³-hybridized carbons (Fsp3) is 0. The van der Waals surface area contributed by atoms with E-state index in [2.05, 4.69) is 4.98 Å². The second-order valence-corrected chi connectivity index (χ2v) is 4.07. The van der Waals surface area contributed by atoms with Crippen LogP contribution < -0.4 is 5.56 Å². The van der Waals surface area contributed by atoms with Crippen molar-refractivity contribution in [2.75, 3.05) is 0 Å². The quantitative estimate of drug-likeness (QED) is 0.640. The number of carbonyl (C=O) groups is 1. The molecule has 0 spiro atoms. The molecular formula is C14H9NO3. The predicted octanol–water partition coefficient (Wildman–Crippen LogP) is 2.38. The van der Waals surface area contributed by atoms with Gasteiger partial charge in [-0.2, -0.15) is 0 Å². The number of H-pyrrole nitrogens is 1. The summed E-state index contributed by atoms with van der Waals surface area (Å²) in [5.74, 6) is -1.22. The summed E-state index contributed by atoms with van der Waals surface area (Å²) in [6.45, 7) is 0. The molecule has 1 aromatic heterocycles. The fourth-order valence-electron chi connectivity index (χ4n) is 2.11. The van der Waals surface area contributed by atoms with Crippen molar-refractivity contribution >= 4 is 27.6 Å². The van der Waals surface area contributed by atoms with Gasteiger partial charge in [0, 0.05) is 5.39 Å². The Balaban J connectivity index is 2.50. The molecule has 4 nitrogen and oxygen atoms in total. The third kappa shape index (κ3) is 1.47. The lowest BCUT2D eigenvalue weighted by molar-refractivity contribution is 0.0695. The number of hydrogen-bond acceptors (Lipinski definition) is 2. The molecule has 0 unspecified atom stereocenters. The molecule has 0 fully saturated rings. The molecule has 3 aromatic rings. The molecule has 2 aromatic carbocycles. The zero-order chi connectivity index (χ0) is 12.7. The Kier molecular flexibility index (Phi) is 2.16. The summed E-state index contributed by atoms with van der Waals surface area (Å²) in [5, 5.41) is 11.5. The van der Waals surface area contributed by atoms with E-state index in [1.54, 1.807) is 6.07 Å². The maximum Gasteiger partial charge on any atom is 0.341 e. The number of fused-ring (bicyclic) bond motifs is 3. The summed E-state index contributed by atoms with van der Waals surface area (Å²) in [6.07, 6.45) is 0. The van der Waals surface area contributed by atoms with Gasteiger partial charge in [0.05, 0.1) is 5.52 Å². The molecule has 0 saturated heterocycles. The largest absolute Gasteiger partial charge is 0.477 e. The van der Waals surface area contributed by atoms with E-state index >= 15 is 0 Å². The van der Waals surface area contributed by atoms with Gasteiger partial charge >= 0.3 is 5.97 Å². The standard InChI is InChI=1S/C14H9NO3/c16-13-11(14(17)18)7-9-6-5-8-3-1-2-4-10(8)12(9)15-13/h1-7H,(H,15,16)(H,17,18). The number of rotatable bonds is 1. The highest BCUT2D eigenvalue weighted by Crippen LogP contribution is 2.22. The zero-order valence-corrected chi connectivity index (χ0v) is 9.31. The van der Waals surface area contributed by atoms with Crippen molar-refractivity contribution in [2.24, 2.45) is 0 Å². The summed E-state index contributed by atoms with van der Waals surface area (Å²) in [5.41, 5.74) is -0.146. The number of pyridine rings is 1. The molecule has 0 saturated carbocycles. The molecule has 3 rings (SSSR count). The number of nitrogens with one attached hydrogen (secondary N) is 1. The number of aromatic amines is 1. The Morgan fingerprint density at radius 2 is 1.78 bits per heavy atom. The lowest BCUT2D eigenvalue weighted by atomic mass is 10.1. The van der Waals surface area contributed by atoms with Gasteiger partial charge in [-0.15, -0.1) is 0 Å². The van der Waals surface area contributed by atoms with Gasteiger partial charge in [-0.3, -0.25) is 4.79 Å². The van der Waals surface area contributed by atoms with Crippen molar-refractivity contribution in [1.82, 2.24) is 4.98 Å². The Morgan fingerprint density at radius 1 is 1.06 bits per heavy atom. The number of benzene rings is 2. The van der Waals surface area contributed by atoms with Gasteiger partial charge in [-0.25, -0.2) is 4.79 Å². The SMILES string of the molecule is O=C(O)c1cc2ccc3ccccc3c2[nH]c1=O. The van der Waals surface area contributed by atoms with E-state index in [-0.39, 0.29) is 5.56 Å². The van der Waals surface area contributed by atoms with Crippen molar-refractivity contribution in [3.63, 3.8) is 0 Å². The fourth-order valence-corrected chi connectivity index (χ4v) is 2.11. The maximum atomic E-state index is 11.7. The molecule has 0 aliphatic heterocycles. The normalized spacial score (nSPS) is 10.9.